The Morgan fingerprint density at radius 3 is 2.74 bits per heavy atom. The monoisotopic (exact) mass is 432 g/mol. The number of benzene rings is 1. The van der Waals surface area contributed by atoms with E-state index in [4.69, 9.17) is 11.5 Å². The van der Waals surface area contributed by atoms with Gasteiger partial charge < -0.3 is 16.8 Å². The van der Waals surface area contributed by atoms with E-state index in [9.17, 15) is 4.79 Å². The average molecular weight is 433 g/mol. The van der Waals surface area contributed by atoms with Gasteiger partial charge in [0.1, 0.15) is 5.82 Å². The number of nitrogens with zero attached hydrogens (tertiary/aromatic N) is 1. The van der Waals surface area contributed by atoms with Gasteiger partial charge in [-0.05, 0) is 62.8 Å². The van der Waals surface area contributed by atoms with Gasteiger partial charge in [-0.3, -0.25) is 4.79 Å². The summed E-state index contributed by atoms with van der Waals surface area (Å²) >= 11 is 5.68. The second kappa shape index (κ2) is 5.74. The lowest BCUT2D eigenvalue weighted by Crippen LogP contribution is -2.14. The lowest BCUT2D eigenvalue weighted by Gasteiger charge is -2.10. The third-order valence-electron chi connectivity index (χ3n) is 2.39. The van der Waals surface area contributed by atoms with Gasteiger partial charge in [0, 0.05) is 8.04 Å². The summed E-state index contributed by atoms with van der Waals surface area (Å²) in [4.78, 5) is 15.3. The number of anilines is 3. The number of hydrogen-bond donors (Lipinski definition) is 3. The molecule has 7 heteroatoms. The second-order valence-electron chi connectivity index (χ2n) is 3.77. The predicted octanol–water partition coefficient (Wildman–Crippen LogP) is 2.87. The van der Waals surface area contributed by atoms with Crippen molar-refractivity contribution < 1.29 is 4.79 Å². The molecule has 1 aromatic carbocycles. The van der Waals surface area contributed by atoms with Crippen LogP contribution in [0.15, 0.2) is 34.9 Å². The number of rotatable bonds is 3. The first-order valence-corrected chi connectivity index (χ1v) is 7.12. The number of hydrogen-bond acceptors (Lipinski definition) is 4. The van der Waals surface area contributed by atoms with Crippen molar-refractivity contribution in [1.82, 2.24) is 4.98 Å². The number of primary amides is 1. The Morgan fingerprint density at radius 1 is 1.37 bits per heavy atom. The Hall–Kier alpha value is -1.35. The minimum atomic E-state index is -0.579. The molecule has 2 rings (SSSR count). The Morgan fingerprint density at radius 2 is 2.11 bits per heavy atom. The maximum Gasteiger partial charge on any atom is 0.250 e. The van der Waals surface area contributed by atoms with Crippen molar-refractivity contribution in [3.63, 3.8) is 0 Å². The topological polar surface area (TPSA) is 94.0 Å². The number of nitrogens with one attached hydrogen (secondary N) is 1. The third-order valence-corrected chi connectivity index (χ3v) is 3.72. The number of carbonyl (C=O) groups is 1. The molecule has 0 saturated heterocycles. The van der Waals surface area contributed by atoms with Crippen LogP contribution in [0.2, 0.25) is 0 Å². The lowest BCUT2D eigenvalue weighted by atomic mass is 10.2. The summed E-state index contributed by atoms with van der Waals surface area (Å²) in [5.74, 6) is -0.0745. The first-order chi connectivity index (χ1) is 8.97. The van der Waals surface area contributed by atoms with Crippen LogP contribution in [0, 0.1) is 3.57 Å². The van der Waals surface area contributed by atoms with Crippen LogP contribution in [0.1, 0.15) is 10.4 Å². The lowest BCUT2D eigenvalue weighted by molar-refractivity contribution is 0.100. The van der Waals surface area contributed by atoms with Gasteiger partial charge in [-0.15, -0.1) is 0 Å². The zero-order chi connectivity index (χ0) is 14.0. The van der Waals surface area contributed by atoms with E-state index in [1.54, 1.807) is 0 Å². The van der Waals surface area contributed by atoms with Gasteiger partial charge in [-0.25, -0.2) is 4.98 Å². The summed E-state index contributed by atoms with van der Waals surface area (Å²) in [6, 6.07) is 7.37. The van der Waals surface area contributed by atoms with Crippen molar-refractivity contribution in [1.29, 1.82) is 0 Å². The summed E-state index contributed by atoms with van der Waals surface area (Å²) in [5.41, 5.74) is 12.2. The predicted molar refractivity (Wildman–Crippen MR) is 87.3 cm³/mol. The van der Waals surface area contributed by atoms with Crippen molar-refractivity contribution in [2.45, 2.75) is 0 Å². The van der Waals surface area contributed by atoms with Gasteiger partial charge in [-0.2, -0.15) is 0 Å². The number of amides is 1. The van der Waals surface area contributed by atoms with E-state index in [0.717, 1.165) is 13.7 Å². The molecule has 0 fully saturated rings. The van der Waals surface area contributed by atoms with Crippen LogP contribution >= 0.6 is 38.5 Å². The average Bonchev–Trinajstić information content (AvgIpc) is 2.34. The van der Waals surface area contributed by atoms with E-state index in [0.29, 0.717) is 5.82 Å². The van der Waals surface area contributed by atoms with Crippen molar-refractivity contribution >= 4 is 61.6 Å². The molecule has 1 amide bonds. The summed E-state index contributed by atoms with van der Waals surface area (Å²) in [6.45, 7) is 0. The fraction of sp³-hybridized carbons (Fsp3) is 0. The molecule has 0 unspecified atom stereocenters. The minimum absolute atomic E-state index is 0.249. The minimum Gasteiger partial charge on any atom is -0.397 e. The van der Waals surface area contributed by atoms with Gasteiger partial charge in [0.2, 0.25) is 0 Å². The number of carbonyl (C=O) groups excluding carboxylic acids is 1. The van der Waals surface area contributed by atoms with Gasteiger partial charge in [0.25, 0.3) is 5.91 Å². The van der Waals surface area contributed by atoms with Crippen LogP contribution in [0.3, 0.4) is 0 Å². The number of aromatic nitrogens is 1. The second-order valence-corrected chi connectivity index (χ2v) is 5.87. The summed E-state index contributed by atoms with van der Waals surface area (Å²) in [5, 5.41) is 3.10. The molecule has 5 N–H and O–H groups in total. The quantitative estimate of drug-likeness (QED) is 0.650. The van der Waals surface area contributed by atoms with Gasteiger partial charge in [0.05, 0.1) is 23.1 Å². The van der Waals surface area contributed by atoms with Crippen molar-refractivity contribution in [2.24, 2.45) is 5.73 Å². The summed E-state index contributed by atoms with van der Waals surface area (Å²) in [7, 11) is 0. The number of nitrogens with two attached hydrogens (primary N) is 2. The number of nitrogen functional groups attached to an aromatic ring is 1. The molecule has 1 heterocycles. The molecule has 0 aliphatic rings. The van der Waals surface area contributed by atoms with E-state index in [1.807, 2.05) is 18.2 Å². The highest BCUT2D eigenvalue weighted by atomic mass is 127. The molecule has 0 aliphatic heterocycles. The van der Waals surface area contributed by atoms with Crippen molar-refractivity contribution in [2.75, 3.05) is 11.1 Å². The Bertz CT molecular complexity index is 648. The van der Waals surface area contributed by atoms with Gasteiger partial charge in [0.15, 0.2) is 0 Å². The normalized spacial score (nSPS) is 10.2. The molecular weight excluding hydrogens is 423 g/mol. The zero-order valence-electron chi connectivity index (χ0n) is 9.65. The Labute approximate surface area is 132 Å². The highest BCUT2D eigenvalue weighted by Gasteiger charge is 2.09. The summed E-state index contributed by atoms with van der Waals surface area (Å²) < 4.78 is 2.01. The molecular formula is C12H10BrIN4O. The van der Waals surface area contributed by atoms with Gasteiger partial charge in [-0.1, -0.05) is 0 Å². The standard InChI is InChI=1S/C12H10BrIN4O/c13-8-3-6(14)1-2-10(8)18-11-4-7(12(16)19)9(15)5-17-11/h1-5H,15H2,(H2,16,19)(H,17,18). The molecule has 2 aromatic rings. The van der Waals surface area contributed by atoms with Crippen LogP contribution < -0.4 is 16.8 Å². The largest absolute Gasteiger partial charge is 0.397 e. The summed E-state index contributed by atoms with van der Waals surface area (Å²) in [6.07, 6.45) is 1.41. The molecule has 0 radical (unpaired) electrons. The van der Waals surface area contributed by atoms with Crippen LogP contribution in [0.5, 0.6) is 0 Å². The first-order valence-electron chi connectivity index (χ1n) is 5.25. The Balaban J connectivity index is 2.33. The maximum atomic E-state index is 11.2. The molecule has 19 heavy (non-hydrogen) atoms. The highest BCUT2D eigenvalue weighted by Crippen LogP contribution is 2.27. The van der Waals surface area contributed by atoms with E-state index in [-0.39, 0.29) is 11.3 Å². The fourth-order valence-corrected chi connectivity index (χ4v) is 2.87. The fourth-order valence-electron chi connectivity index (χ4n) is 1.48. The van der Waals surface area contributed by atoms with Crippen LogP contribution in [-0.2, 0) is 0 Å². The van der Waals surface area contributed by atoms with E-state index in [1.165, 1.54) is 12.3 Å². The maximum absolute atomic E-state index is 11.2. The molecule has 0 aliphatic carbocycles. The first kappa shape index (κ1) is 14.1. The molecule has 0 atom stereocenters. The third kappa shape index (κ3) is 3.35. The van der Waals surface area contributed by atoms with Crippen LogP contribution in [-0.4, -0.2) is 10.9 Å². The van der Waals surface area contributed by atoms with Crippen LogP contribution in [0.4, 0.5) is 17.2 Å². The SMILES string of the molecule is NC(=O)c1cc(Nc2ccc(I)cc2Br)ncc1N. The Kier molecular flexibility index (Phi) is 4.25. The van der Waals surface area contributed by atoms with E-state index >= 15 is 0 Å². The van der Waals surface area contributed by atoms with Crippen molar-refractivity contribution in [3.8, 4) is 0 Å². The molecule has 0 saturated carbocycles. The zero-order valence-corrected chi connectivity index (χ0v) is 13.4. The van der Waals surface area contributed by atoms with Crippen molar-refractivity contribution in [3.05, 3.63) is 44.1 Å². The molecule has 5 nitrogen and oxygen atoms in total. The molecule has 1 aromatic heterocycles. The molecule has 0 spiro atoms. The van der Waals surface area contributed by atoms with Crippen LogP contribution in [0.25, 0.3) is 0 Å². The van der Waals surface area contributed by atoms with Gasteiger partial charge >= 0.3 is 0 Å². The highest BCUT2D eigenvalue weighted by molar-refractivity contribution is 14.1. The number of halogens is 2. The van der Waals surface area contributed by atoms with E-state index < -0.39 is 5.91 Å². The van der Waals surface area contributed by atoms with E-state index in [2.05, 4.69) is 48.8 Å². The smallest absolute Gasteiger partial charge is 0.250 e. The number of pyridine rings is 1. The molecule has 98 valence electrons. The molecule has 0 bridgehead atoms.